The summed E-state index contributed by atoms with van der Waals surface area (Å²) in [5.41, 5.74) is 1.98. The molecule has 0 aliphatic carbocycles. The van der Waals surface area contributed by atoms with Crippen molar-refractivity contribution in [2.45, 2.75) is 33.7 Å². The molecule has 0 spiro atoms. The van der Waals surface area contributed by atoms with Crippen LogP contribution in [0.3, 0.4) is 0 Å². The number of aliphatic hydroxyl groups is 1. The molecule has 0 unspecified atom stereocenters. The third-order valence-corrected chi connectivity index (χ3v) is 6.29. The SMILES string of the molecule is CCOc1ccccc1[C@H]1/C(=C(\O)c2ccc(OC)cc2C)C(=O)C(=O)N1CCN(CC)CC. The van der Waals surface area contributed by atoms with Crippen molar-refractivity contribution in [1.82, 2.24) is 9.80 Å². The van der Waals surface area contributed by atoms with Crippen LogP contribution in [0.15, 0.2) is 48.0 Å². The predicted molar refractivity (Wildman–Crippen MR) is 132 cm³/mol. The minimum Gasteiger partial charge on any atom is -0.507 e. The van der Waals surface area contributed by atoms with Crippen molar-refractivity contribution in [3.63, 3.8) is 0 Å². The van der Waals surface area contributed by atoms with Gasteiger partial charge in [0.25, 0.3) is 11.7 Å². The smallest absolute Gasteiger partial charge is 0.295 e. The van der Waals surface area contributed by atoms with E-state index in [2.05, 4.69) is 18.7 Å². The predicted octanol–water partition coefficient (Wildman–Crippen LogP) is 4.17. The van der Waals surface area contributed by atoms with Crippen molar-refractivity contribution in [2.75, 3.05) is 39.9 Å². The molecule has 3 rings (SSSR count). The van der Waals surface area contributed by atoms with E-state index in [1.54, 1.807) is 30.2 Å². The molecule has 2 aromatic carbocycles. The highest BCUT2D eigenvalue weighted by Crippen LogP contribution is 2.43. The molecule has 1 amide bonds. The Labute approximate surface area is 201 Å². The molecule has 1 aliphatic rings. The summed E-state index contributed by atoms with van der Waals surface area (Å²) in [5.74, 6) is -0.269. The summed E-state index contributed by atoms with van der Waals surface area (Å²) in [6.07, 6.45) is 0. The van der Waals surface area contributed by atoms with Crippen LogP contribution >= 0.6 is 0 Å². The largest absolute Gasteiger partial charge is 0.507 e. The normalized spacial score (nSPS) is 17.5. The number of amides is 1. The van der Waals surface area contributed by atoms with Gasteiger partial charge in [0.15, 0.2) is 0 Å². The maximum atomic E-state index is 13.3. The Morgan fingerprint density at radius 3 is 2.41 bits per heavy atom. The summed E-state index contributed by atoms with van der Waals surface area (Å²) in [6, 6.07) is 11.8. The third-order valence-electron chi connectivity index (χ3n) is 6.29. The van der Waals surface area contributed by atoms with Crippen LogP contribution in [0.5, 0.6) is 11.5 Å². The molecule has 182 valence electrons. The Morgan fingerprint density at radius 1 is 1.09 bits per heavy atom. The number of Topliss-reactive ketones (excluding diaryl/α,β-unsaturated/α-hetero) is 1. The van der Waals surface area contributed by atoms with Crippen LogP contribution in [0, 0.1) is 6.92 Å². The van der Waals surface area contributed by atoms with Crippen LogP contribution < -0.4 is 9.47 Å². The number of likely N-dealkylation sites (N-methyl/N-ethyl adjacent to an activating group) is 1. The van der Waals surface area contributed by atoms with E-state index in [1.807, 2.05) is 38.1 Å². The van der Waals surface area contributed by atoms with Gasteiger partial charge in [-0.1, -0.05) is 32.0 Å². The molecule has 1 fully saturated rings. The minimum absolute atomic E-state index is 0.0740. The Morgan fingerprint density at radius 2 is 1.79 bits per heavy atom. The molecule has 7 nitrogen and oxygen atoms in total. The lowest BCUT2D eigenvalue weighted by atomic mass is 9.93. The minimum atomic E-state index is -0.750. The molecule has 0 bridgehead atoms. The molecule has 7 heteroatoms. The molecule has 0 radical (unpaired) electrons. The molecular formula is C27H34N2O5. The fourth-order valence-electron chi connectivity index (χ4n) is 4.39. The summed E-state index contributed by atoms with van der Waals surface area (Å²) < 4.78 is 11.1. The van der Waals surface area contributed by atoms with E-state index in [9.17, 15) is 14.7 Å². The van der Waals surface area contributed by atoms with E-state index in [4.69, 9.17) is 9.47 Å². The Bertz CT molecular complexity index is 1070. The number of rotatable bonds is 10. The second-order valence-corrected chi connectivity index (χ2v) is 8.17. The van der Waals surface area contributed by atoms with Gasteiger partial charge < -0.3 is 24.4 Å². The number of methoxy groups -OCH3 is 1. The van der Waals surface area contributed by atoms with Crippen molar-refractivity contribution in [3.8, 4) is 11.5 Å². The monoisotopic (exact) mass is 466 g/mol. The first-order valence-electron chi connectivity index (χ1n) is 11.7. The number of para-hydroxylation sites is 1. The molecule has 0 aromatic heterocycles. The molecule has 34 heavy (non-hydrogen) atoms. The molecular weight excluding hydrogens is 432 g/mol. The average molecular weight is 467 g/mol. The van der Waals surface area contributed by atoms with E-state index in [0.717, 1.165) is 18.7 Å². The van der Waals surface area contributed by atoms with Gasteiger partial charge in [-0.25, -0.2) is 0 Å². The Kier molecular flexibility index (Phi) is 8.34. The summed E-state index contributed by atoms with van der Waals surface area (Å²) >= 11 is 0. The highest BCUT2D eigenvalue weighted by Gasteiger charge is 2.47. The molecule has 1 saturated heterocycles. The topological polar surface area (TPSA) is 79.3 Å². The fraction of sp³-hybridized carbons (Fsp3) is 0.407. The summed E-state index contributed by atoms with van der Waals surface area (Å²) in [4.78, 5) is 30.3. The van der Waals surface area contributed by atoms with E-state index < -0.39 is 17.7 Å². The van der Waals surface area contributed by atoms with Crippen LogP contribution in [0.4, 0.5) is 0 Å². The highest BCUT2D eigenvalue weighted by atomic mass is 16.5. The van der Waals surface area contributed by atoms with Crippen molar-refractivity contribution < 1.29 is 24.2 Å². The van der Waals surface area contributed by atoms with Crippen molar-refractivity contribution >= 4 is 17.4 Å². The van der Waals surface area contributed by atoms with Crippen molar-refractivity contribution in [3.05, 3.63) is 64.7 Å². The molecule has 1 heterocycles. The van der Waals surface area contributed by atoms with Gasteiger partial charge in [0.2, 0.25) is 0 Å². The van der Waals surface area contributed by atoms with Crippen LogP contribution in [0.1, 0.15) is 43.5 Å². The summed E-state index contributed by atoms with van der Waals surface area (Å²) in [5, 5.41) is 11.4. The molecule has 1 N–H and O–H groups in total. The Balaban J connectivity index is 2.18. The number of likely N-dealkylation sites (tertiary alicyclic amines) is 1. The second kappa shape index (κ2) is 11.2. The quantitative estimate of drug-likeness (QED) is 0.322. The first-order valence-corrected chi connectivity index (χ1v) is 11.7. The van der Waals surface area contributed by atoms with E-state index in [1.165, 1.54) is 0 Å². The van der Waals surface area contributed by atoms with Gasteiger partial charge in [0.05, 0.1) is 25.3 Å². The van der Waals surface area contributed by atoms with E-state index in [0.29, 0.717) is 42.3 Å². The third kappa shape index (κ3) is 4.94. The maximum absolute atomic E-state index is 13.3. The number of hydrogen-bond donors (Lipinski definition) is 1. The number of hydrogen-bond acceptors (Lipinski definition) is 6. The lowest BCUT2D eigenvalue weighted by molar-refractivity contribution is -0.140. The van der Waals surface area contributed by atoms with Crippen LogP contribution in [-0.4, -0.2) is 66.5 Å². The van der Waals surface area contributed by atoms with Gasteiger partial charge in [-0.3, -0.25) is 9.59 Å². The van der Waals surface area contributed by atoms with E-state index >= 15 is 0 Å². The zero-order valence-electron chi connectivity index (χ0n) is 20.6. The standard InChI is InChI=1S/C27H34N2O5/c1-6-28(7-2)15-16-29-24(21-11-9-10-12-22(21)34-8-3)23(26(31)27(29)32)25(30)20-14-13-19(33-5)17-18(20)4/h9-14,17,24,30H,6-8,15-16H2,1-5H3/b25-23+/t24-/m0/s1. The van der Waals surface area contributed by atoms with Crippen LogP contribution in [0.25, 0.3) is 5.76 Å². The summed E-state index contributed by atoms with van der Waals surface area (Å²) in [6.45, 7) is 10.9. The number of benzene rings is 2. The molecule has 1 atom stereocenters. The number of carbonyl (C=O) groups excluding carboxylic acids is 2. The number of aryl methyl sites for hydroxylation is 1. The number of nitrogens with zero attached hydrogens (tertiary/aromatic N) is 2. The first-order chi connectivity index (χ1) is 16.4. The highest BCUT2D eigenvalue weighted by molar-refractivity contribution is 6.46. The van der Waals surface area contributed by atoms with Crippen LogP contribution in [0.2, 0.25) is 0 Å². The number of carbonyl (C=O) groups is 2. The maximum Gasteiger partial charge on any atom is 0.295 e. The van der Waals surface area contributed by atoms with Gasteiger partial charge >= 0.3 is 0 Å². The molecule has 2 aromatic rings. The van der Waals surface area contributed by atoms with Gasteiger partial charge in [-0.2, -0.15) is 0 Å². The van der Waals surface area contributed by atoms with Crippen molar-refractivity contribution in [1.29, 1.82) is 0 Å². The molecule has 0 saturated carbocycles. The van der Waals surface area contributed by atoms with E-state index in [-0.39, 0.29) is 11.3 Å². The van der Waals surface area contributed by atoms with Gasteiger partial charge in [0, 0.05) is 24.2 Å². The number of ketones is 1. The number of aliphatic hydroxyl groups excluding tert-OH is 1. The fourth-order valence-corrected chi connectivity index (χ4v) is 4.39. The lowest BCUT2D eigenvalue weighted by Gasteiger charge is -2.29. The summed E-state index contributed by atoms with van der Waals surface area (Å²) in [7, 11) is 1.57. The Hall–Kier alpha value is -3.32. The van der Waals surface area contributed by atoms with Gasteiger partial charge in [-0.05, 0) is 56.8 Å². The number of ether oxygens (including phenoxy) is 2. The van der Waals surface area contributed by atoms with Crippen LogP contribution in [-0.2, 0) is 9.59 Å². The van der Waals surface area contributed by atoms with Crippen molar-refractivity contribution in [2.24, 2.45) is 0 Å². The van der Waals surface area contributed by atoms with Gasteiger partial charge in [-0.15, -0.1) is 0 Å². The lowest BCUT2D eigenvalue weighted by Crippen LogP contribution is -2.38. The van der Waals surface area contributed by atoms with Gasteiger partial charge in [0.1, 0.15) is 17.3 Å². The zero-order valence-corrected chi connectivity index (χ0v) is 20.6. The second-order valence-electron chi connectivity index (χ2n) is 8.17. The molecule has 1 aliphatic heterocycles. The average Bonchev–Trinajstić information content (AvgIpc) is 3.09. The zero-order chi connectivity index (χ0) is 24.8. The first kappa shape index (κ1) is 25.3.